The second kappa shape index (κ2) is 4.00. The van der Waals surface area contributed by atoms with Crippen molar-refractivity contribution in [1.29, 1.82) is 0 Å². The van der Waals surface area contributed by atoms with Gasteiger partial charge in [-0.25, -0.2) is 4.99 Å². The van der Waals surface area contributed by atoms with Crippen LogP contribution in [0.5, 0.6) is 0 Å². The number of hydrogen-bond acceptors (Lipinski definition) is 3. The van der Waals surface area contributed by atoms with E-state index in [0.29, 0.717) is 5.96 Å². The summed E-state index contributed by atoms with van der Waals surface area (Å²) in [6, 6.07) is 0.245. The second-order valence-corrected chi connectivity index (χ2v) is 4.30. The van der Waals surface area contributed by atoms with Crippen LogP contribution in [-0.4, -0.2) is 23.8 Å². The second-order valence-electron chi connectivity index (χ2n) is 4.30. The molecule has 1 aliphatic carbocycles. The molecular formula is C10H15N3O2. The predicted octanol–water partition coefficient (Wildman–Crippen LogP) is 0.167. The van der Waals surface area contributed by atoms with Crippen molar-refractivity contribution in [3.63, 3.8) is 0 Å². The Labute approximate surface area is 88.3 Å². The zero-order valence-corrected chi connectivity index (χ0v) is 8.75. The minimum atomic E-state index is -0.613. The molecule has 0 spiro atoms. The minimum absolute atomic E-state index is 0.245. The number of carbonyl (C=O) groups is 2. The summed E-state index contributed by atoms with van der Waals surface area (Å²) in [5.41, 5.74) is 0. The summed E-state index contributed by atoms with van der Waals surface area (Å²) in [6.45, 7) is 2.24. The highest BCUT2D eigenvalue weighted by Crippen LogP contribution is 2.25. The average Bonchev–Trinajstić information content (AvgIpc) is 2.50. The molecule has 1 saturated carbocycles. The molecule has 5 nitrogen and oxygen atoms in total. The van der Waals surface area contributed by atoms with Gasteiger partial charge in [-0.15, -0.1) is 0 Å². The number of guanidine groups is 1. The van der Waals surface area contributed by atoms with Gasteiger partial charge in [0.25, 0.3) is 0 Å². The summed E-state index contributed by atoms with van der Waals surface area (Å²) in [7, 11) is 0. The van der Waals surface area contributed by atoms with Crippen LogP contribution in [-0.2, 0) is 9.59 Å². The number of aliphatic imine (C=N–C) groups is 1. The van der Waals surface area contributed by atoms with Crippen molar-refractivity contribution in [3.05, 3.63) is 0 Å². The van der Waals surface area contributed by atoms with E-state index in [1.165, 1.54) is 12.8 Å². The Balaban J connectivity index is 1.94. The van der Waals surface area contributed by atoms with E-state index in [4.69, 9.17) is 0 Å². The van der Waals surface area contributed by atoms with E-state index in [-0.39, 0.29) is 6.04 Å². The summed E-state index contributed by atoms with van der Waals surface area (Å²) in [5.74, 6) is -0.130. The molecule has 0 aromatic rings. The Bertz CT molecular complexity index is 299. The molecule has 0 aromatic heterocycles. The van der Waals surface area contributed by atoms with Crippen molar-refractivity contribution in [2.75, 3.05) is 0 Å². The zero-order chi connectivity index (χ0) is 10.8. The first kappa shape index (κ1) is 10.1. The molecule has 0 unspecified atom stereocenters. The standard InChI is InChI=1S/C10H15N3O2/c1-6-2-4-7(5-3-6)11-10-12-8(14)9(15)13-10/h6-7H,2-5H2,1H3,(H2,11,12,13,14,15). The van der Waals surface area contributed by atoms with E-state index in [2.05, 4.69) is 22.5 Å². The smallest absolute Gasteiger partial charge is 0.288 e. The number of amides is 2. The Morgan fingerprint density at radius 2 is 1.60 bits per heavy atom. The molecule has 0 radical (unpaired) electrons. The first-order valence-corrected chi connectivity index (χ1v) is 5.35. The van der Waals surface area contributed by atoms with Crippen LogP contribution in [0, 0.1) is 5.92 Å². The molecule has 0 bridgehead atoms. The van der Waals surface area contributed by atoms with Gasteiger partial charge in [0.2, 0.25) is 5.96 Å². The van der Waals surface area contributed by atoms with Crippen molar-refractivity contribution in [3.8, 4) is 0 Å². The molecule has 0 atom stereocenters. The predicted molar refractivity (Wildman–Crippen MR) is 55.1 cm³/mol. The molecule has 1 saturated heterocycles. The normalized spacial score (nSPS) is 31.1. The highest BCUT2D eigenvalue weighted by atomic mass is 16.2. The quantitative estimate of drug-likeness (QED) is 0.604. The molecule has 5 heteroatoms. The Kier molecular flexibility index (Phi) is 2.70. The molecule has 2 amide bonds. The SMILES string of the molecule is CC1CCC(N=C2NC(=O)C(=O)N2)CC1. The summed E-state index contributed by atoms with van der Waals surface area (Å²) < 4.78 is 0. The number of nitrogens with one attached hydrogen (secondary N) is 2. The largest absolute Gasteiger partial charge is 0.316 e. The fourth-order valence-corrected chi connectivity index (χ4v) is 1.98. The van der Waals surface area contributed by atoms with Crippen LogP contribution in [0.2, 0.25) is 0 Å². The lowest BCUT2D eigenvalue weighted by molar-refractivity contribution is -0.135. The van der Waals surface area contributed by atoms with Gasteiger partial charge in [-0.1, -0.05) is 6.92 Å². The van der Waals surface area contributed by atoms with Gasteiger partial charge in [0, 0.05) is 0 Å². The van der Waals surface area contributed by atoms with Gasteiger partial charge in [0.1, 0.15) is 0 Å². The van der Waals surface area contributed by atoms with Crippen molar-refractivity contribution in [1.82, 2.24) is 10.6 Å². The number of hydrogen-bond donors (Lipinski definition) is 2. The van der Waals surface area contributed by atoms with E-state index in [1.807, 2.05) is 0 Å². The van der Waals surface area contributed by atoms with Crippen molar-refractivity contribution in [2.45, 2.75) is 38.6 Å². The lowest BCUT2D eigenvalue weighted by Crippen LogP contribution is -2.29. The van der Waals surface area contributed by atoms with Crippen LogP contribution in [0.4, 0.5) is 0 Å². The Morgan fingerprint density at radius 1 is 1.07 bits per heavy atom. The van der Waals surface area contributed by atoms with E-state index >= 15 is 0 Å². The Morgan fingerprint density at radius 3 is 2.13 bits per heavy atom. The number of rotatable bonds is 1. The molecule has 2 rings (SSSR count). The molecule has 2 fully saturated rings. The third-order valence-electron chi connectivity index (χ3n) is 2.97. The molecule has 2 N–H and O–H groups in total. The first-order chi connectivity index (χ1) is 7.15. The maximum atomic E-state index is 10.9. The van der Waals surface area contributed by atoms with Gasteiger partial charge < -0.3 is 0 Å². The summed E-state index contributed by atoms with van der Waals surface area (Å²) in [5, 5.41) is 4.83. The Hall–Kier alpha value is -1.39. The maximum Gasteiger partial charge on any atom is 0.316 e. The van der Waals surface area contributed by atoms with Crippen LogP contribution in [0.1, 0.15) is 32.6 Å². The zero-order valence-electron chi connectivity index (χ0n) is 8.75. The average molecular weight is 209 g/mol. The van der Waals surface area contributed by atoms with Gasteiger partial charge in [-0.2, -0.15) is 0 Å². The van der Waals surface area contributed by atoms with Crippen molar-refractivity contribution < 1.29 is 9.59 Å². The third-order valence-corrected chi connectivity index (χ3v) is 2.97. The molecule has 1 heterocycles. The fourth-order valence-electron chi connectivity index (χ4n) is 1.98. The summed E-state index contributed by atoms with van der Waals surface area (Å²) in [6.07, 6.45) is 4.42. The van der Waals surface area contributed by atoms with Crippen molar-refractivity contribution in [2.24, 2.45) is 10.9 Å². The number of carbonyl (C=O) groups excluding carboxylic acids is 2. The van der Waals surface area contributed by atoms with E-state index in [0.717, 1.165) is 18.8 Å². The van der Waals surface area contributed by atoms with Crippen LogP contribution in [0.25, 0.3) is 0 Å². The molecule has 2 aliphatic rings. The van der Waals surface area contributed by atoms with E-state index < -0.39 is 11.8 Å². The molecular weight excluding hydrogens is 194 g/mol. The van der Waals surface area contributed by atoms with Crippen LogP contribution < -0.4 is 10.6 Å². The number of nitrogens with zero attached hydrogens (tertiary/aromatic N) is 1. The van der Waals surface area contributed by atoms with Crippen molar-refractivity contribution >= 4 is 17.8 Å². The summed E-state index contributed by atoms with van der Waals surface area (Å²) >= 11 is 0. The van der Waals surface area contributed by atoms with E-state index in [1.54, 1.807) is 0 Å². The van der Waals surface area contributed by atoms with Crippen LogP contribution in [0.3, 0.4) is 0 Å². The molecule has 1 aliphatic heterocycles. The highest BCUT2D eigenvalue weighted by Gasteiger charge is 2.26. The van der Waals surface area contributed by atoms with Gasteiger partial charge in [0.05, 0.1) is 6.04 Å². The highest BCUT2D eigenvalue weighted by molar-refractivity contribution is 6.45. The minimum Gasteiger partial charge on any atom is -0.288 e. The van der Waals surface area contributed by atoms with Crippen LogP contribution in [0.15, 0.2) is 4.99 Å². The molecule has 82 valence electrons. The monoisotopic (exact) mass is 209 g/mol. The van der Waals surface area contributed by atoms with Gasteiger partial charge in [0.15, 0.2) is 0 Å². The van der Waals surface area contributed by atoms with Gasteiger partial charge in [-0.3, -0.25) is 20.2 Å². The fraction of sp³-hybridized carbons (Fsp3) is 0.700. The third kappa shape index (κ3) is 2.34. The topological polar surface area (TPSA) is 70.6 Å². The lowest BCUT2D eigenvalue weighted by Gasteiger charge is -2.23. The first-order valence-electron chi connectivity index (χ1n) is 5.35. The summed E-state index contributed by atoms with van der Waals surface area (Å²) in [4.78, 5) is 26.1. The molecule has 0 aromatic carbocycles. The van der Waals surface area contributed by atoms with E-state index in [9.17, 15) is 9.59 Å². The van der Waals surface area contributed by atoms with Crippen LogP contribution >= 0.6 is 0 Å². The maximum absolute atomic E-state index is 10.9. The van der Waals surface area contributed by atoms with Gasteiger partial charge >= 0.3 is 11.8 Å². The van der Waals surface area contributed by atoms with Gasteiger partial charge in [-0.05, 0) is 31.6 Å². The lowest BCUT2D eigenvalue weighted by atomic mass is 9.88. The molecule has 15 heavy (non-hydrogen) atoms.